The first kappa shape index (κ1) is 17.9. The van der Waals surface area contributed by atoms with Gasteiger partial charge in [0.15, 0.2) is 10.8 Å². The van der Waals surface area contributed by atoms with Crippen molar-refractivity contribution in [3.8, 4) is 5.75 Å². The van der Waals surface area contributed by atoms with E-state index in [0.29, 0.717) is 41.9 Å². The molecule has 6 heteroatoms. The van der Waals surface area contributed by atoms with Crippen molar-refractivity contribution in [3.63, 3.8) is 0 Å². The number of carbonyl (C=O) groups excluding carboxylic acids is 1. The molecule has 1 amide bonds. The van der Waals surface area contributed by atoms with Crippen molar-refractivity contribution in [2.45, 2.75) is 6.92 Å². The van der Waals surface area contributed by atoms with Gasteiger partial charge >= 0.3 is 0 Å². The number of thiocarbonyl (C=S) groups is 1. The van der Waals surface area contributed by atoms with Gasteiger partial charge < -0.3 is 19.2 Å². The van der Waals surface area contributed by atoms with E-state index in [4.69, 9.17) is 26.1 Å². The lowest BCUT2D eigenvalue weighted by molar-refractivity contribution is 0.0921. The van der Waals surface area contributed by atoms with E-state index >= 15 is 0 Å². The zero-order valence-corrected chi connectivity index (χ0v) is 15.2. The first-order valence-corrected chi connectivity index (χ1v) is 8.75. The highest BCUT2D eigenvalue weighted by Gasteiger charge is 2.11. The molecular formula is C20H19NO4S. The second kappa shape index (κ2) is 8.49. The van der Waals surface area contributed by atoms with Crippen LogP contribution in [0.1, 0.15) is 23.0 Å². The Morgan fingerprint density at radius 2 is 1.92 bits per heavy atom. The molecule has 0 fully saturated rings. The maximum absolute atomic E-state index is 12.1. The number of hydrogen-bond acceptors (Lipinski definition) is 5. The van der Waals surface area contributed by atoms with Crippen LogP contribution in [-0.4, -0.2) is 30.7 Å². The third-order valence-electron chi connectivity index (χ3n) is 3.67. The highest BCUT2D eigenvalue weighted by atomic mass is 32.1. The van der Waals surface area contributed by atoms with Crippen LogP contribution < -0.4 is 10.1 Å². The lowest BCUT2D eigenvalue weighted by Gasteiger charge is -2.08. The van der Waals surface area contributed by atoms with E-state index in [9.17, 15) is 4.79 Å². The Balaban J connectivity index is 1.46. The smallest absolute Gasteiger partial charge is 0.287 e. The number of furan rings is 1. The Bertz CT molecular complexity index is 869. The van der Waals surface area contributed by atoms with Crippen molar-refractivity contribution in [2.75, 3.05) is 19.8 Å². The van der Waals surface area contributed by atoms with Crippen molar-refractivity contribution in [1.82, 2.24) is 5.32 Å². The molecule has 2 aromatic carbocycles. The molecule has 0 atom stereocenters. The van der Waals surface area contributed by atoms with Crippen LogP contribution in [0.25, 0.3) is 11.0 Å². The first-order valence-electron chi connectivity index (χ1n) is 8.34. The van der Waals surface area contributed by atoms with Gasteiger partial charge in [0, 0.05) is 10.9 Å². The van der Waals surface area contributed by atoms with Gasteiger partial charge in [-0.1, -0.05) is 18.2 Å². The maximum atomic E-state index is 12.1. The molecule has 0 saturated heterocycles. The van der Waals surface area contributed by atoms with Crippen molar-refractivity contribution in [1.29, 1.82) is 0 Å². The molecule has 1 aromatic heterocycles. The molecule has 0 aliphatic carbocycles. The van der Waals surface area contributed by atoms with Gasteiger partial charge in [-0.3, -0.25) is 4.79 Å². The van der Waals surface area contributed by atoms with Gasteiger partial charge in [0.05, 0.1) is 13.2 Å². The number of para-hydroxylation sites is 1. The fraction of sp³-hybridized carbons (Fsp3) is 0.200. The number of rotatable bonds is 7. The fourth-order valence-corrected chi connectivity index (χ4v) is 2.67. The van der Waals surface area contributed by atoms with Gasteiger partial charge in [-0.25, -0.2) is 0 Å². The van der Waals surface area contributed by atoms with Crippen LogP contribution in [0.15, 0.2) is 59.0 Å². The molecule has 0 saturated carbocycles. The summed E-state index contributed by atoms with van der Waals surface area (Å²) < 4.78 is 16.4. The predicted molar refractivity (Wildman–Crippen MR) is 104 cm³/mol. The third-order valence-corrected chi connectivity index (χ3v) is 4.02. The summed E-state index contributed by atoms with van der Waals surface area (Å²) in [6.45, 7) is 3.15. The van der Waals surface area contributed by atoms with Crippen molar-refractivity contribution < 1.29 is 18.7 Å². The van der Waals surface area contributed by atoms with Gasteiger partial charge in [-0.2, -0.15) is 0 Å². The topological polar surface area (TPSA) is 60.7 Å². The Morgan fingerprint density at radius 3 is 2.65 bits per heavy atom. The summed E-state index contributed by atoms with van der Waals surface area (Å²) >= 11 is 5.15. The number of ether oxygens (including phenoxy) is 2. The van der Waals surface area contributed by atoms with Crippen molar-refractivity contribution in [3.05, 3.63) is 65.9 Å². The Kier molecular flexibility index (Phi) is 5.86. The molecule has 0 aliphatic rings. The van der Waals surface area contributed by atoms with Crippen LogP contribution in [0.4, 0.5) is 0 Å². The molecular weight excluding hydrogens is 350 g/mol. The van der Waals surface area contributed by atoms with Crippen LogP contribution in [0.5, 0.6) is 5.75 Å². The van der Waals surface area contributed by atoms with E-state index in [1.54, 1.807) is 6.07 Å². The second-order valence-electron chi connectivity index (χ2n) is 5.50. The summed E-state index contributed by atoms with van der Waals surface area (Å²) in [5, 5.41) is 4.15. The molecule has 0 unspecified atom stereocenters. The molecule has 134 valence electrons. The standard InChI is InChI=1S/C20H19NO4S/c1-2-23-20(26)14-7-9-16(10-8-14)24-12-11-21-19(22)18-13-15-5-3-4-6-17(15)25-18/h3-10,13H,2,11-12H2,1H3,(H,21,22). The predicted octanol–water partition coefficient (Wildman–Crippen LogP) is 3.95. The zero-order chi connectivity index (χ0) is 18.4. The van der Waals surface area contributed by atoms with E-state index in [0.717, 1.165) is 10.9 Å². The molecule has 26 heavy (non-hydrogen) atoms. The van der Waals surface area contributed by atoms with Gasteiger partial charge in [-0.15, -0.1) is 0 Å². The molecule has 1 N–H and O–H groups in total. The number of amides is 1. The van der Waals surface area contributed by atoms with Crippen LogP contribution >= 0.6 is 12.2 Å². The van der Waals surface area contributed by atoms with E-state index in [1.807, 2.05) is 55.5 Å². The molecule has 1 heterocycles. The summed E-state index contributed by atoms with van der Waals surface area (Å²) in [7, 11) is 0. The quantitative estimate of drug-likeness (QED) is 0.505. The third kappa shape index (κ3) is 4.40. The average Bonchev–Trinajstić information content (AvgIpc) is 3.10. The minimum absolute atomic E-state index is 0.262. The summed E-state index contributed by atoms with van der Waals surface area (Å²) in [4.78, 5) is 12.1. The Labute approximate surface area is 156 Å². The van der Waals surface area contributed by atoms with E-state index in [1.165, 1.54) is 0 Å². The fourth-order valence-electron chi connectivity index (χ4n) is 2.42. The van der Waals surface area contributed by atoms with Crippen molar-refractivity contribution in [2.24, 2.45) is 0 Å². The summed E-state index contributed by atoms with van der Waals surface area (Å²) in [5.74, 6) is 0.730. The maximum Gasteiger partial charge on any atom is 0.287 e. The van der Waals surface area contributed by atoms with Crippen LogP contribution in [-0.2, 0) is 4.74 Å². The molecule has 0 bridgehead atoms. The lowest BCUT2D eigenvalue weighted by atomic mass is 10.2. The SMILES string of the molecule is CCOC(=S)c1ccc(OCCNC(=O)c2cc3ccccc3o2)cc1. The van der Waals surface area contributed by atoms with Gasteiger partial charge in [-0.05, 0) is 55.5 Å². The number of fused-ring (bicyclic) bond motifs is 1. The Morgan fingerprint density at radius 1 is 1.15 bits per heavy atom. The summed E-state index contributed by atoms with van der Waals surface area (Å²) in [6, 6.07) is 16.6. The number of hydrogen-bond donors (Lipinski definition) is 1. The zero-order valence-electron chi connectivity index (χ0n) is 14.4. The van der Waals surface area contributed by atoms with Crippen LogP contribution in [0.2, 0.25) is 0 Å². The second-order valence-corrected chi connectivity index (χ2v) is 5.87. The minimum Gasteiger partial charge on any atom is -0.492 e. The minimum atomic E-state index is -0.262. The lowest BCUT2D eigenvalue weighted by Crippen LogP contribution is -2.27. The van der Waals surface area contributed by atoms with Crippen LogP contribution in [0.3, 0.4) is 0 Å². The molecule has 5 nitrogen and oxygen atoms in total. The monoisotopic (exact) mass is 369 g/mol. The van der Waals surface area contributed by atoms with Gasteiger partial charge in [0.25, 0.3) is 5.91 Å². The highest BCUT2D eigenvalue weighted by Crippen LogP contribution is 2.18. The molecule has 0 radical (unpaired) electrons. The first-order chi connectivity index (χ1) is 12.7. The number of nitrogens with one attached hydrogen (secondary N) is 1. The van der Waals surface area contributed by atoms with E-state index < -0.39 is 0 Å². The van der Waals surface area contributed by atoms with Gasteiger partial charge in [0.2, 0.25) is 0 Å². The molecule has 0 aliphatic heterocycles. The average molecular weight is 369 g/mol. The van der Waals surface area contributed by atoms with E-state index in [-0.39, 0.29) is 5.91 Å². The highest BCUT2D eigenvalue weighted by molar-refractivity contribution is 7.80. The summed E-state index contributed by atoms with van der Waals surface area (Å²) in [6.07, 6.45) is 0. The van der Waals surface area contributed by atoms with Crippen LogP contribution in [0, 0.1) is 0 Å². The molecule has 0 spiro atoms. The van der Waals surface area contributed by atoms with Gasteiger partial charge in [0.1, 0.15) is 17.9 Å². The normalized spacial score (nSPS) is 10.5. The number of benzene rings is 2. The largest absolute Gasteiger partial charge is 0.492 e. The molecule has 3 rings (SSSR count). The van der Waals surface area contributed by atoms with E-state index in [2.05, 4.69) is 5.32 Å². The Hall–Kier alpha value is -2.86. The molecule has 3 aromatic rings. The van der Waals surface area contributed by atoms with Crippen molar-refractivity contribution >= 4 is 34.1 Å². The number of carbonyl (C=O) groups is 1. The summed E-state index contributed by atoms with van der Waals surface area (Å²) in [5.41, 5.74) is 1.53.